The smallest absolute Gasteiger partial charge is 0.227 e. The van der Waals surface area contributed by atoms with Gasteiger partial charge in [0.2, 0.25) is 5.91 Å². The van der Waals surface area contributed by atoms with Crippen LogP contribution in [0, 0.1) is 6.92 Å². The molecule has 0 fully saturated rings. The molecule has 0 aliphatic heterocycles. The molecule has 106 valence electrons. The molecule has 0 aliphatic carbocycles. The predicted octanol–water partition coefficient (Wildman–Crippen LogP) is 1.36. The number of carbonyl (C=O) groups excluding carboxylic acids is 1. The van der Waals surface area contributed by atoms with Gasteiger partial charge in [0.1, 0.15) is 0 Å². The normalized spacial score (nSPS) is 10.5. The lowest BCUT2D eigenvalue weighted by atomic mass is 10.1. The molecule has 2 N–H and O–H groups in total. The minimum absolute atomic E-state index is 0.135. The van der Waals surface area contributed by atoms with Crippen LogP contribution in [0.2, 0.25) is 0 Å². The highest BCUT2D eigenvalue weighted by atomic mass is 16.5. The van der Waals surface area contributed by atoms with Gasteiger partial charge in [-0.1, -0.05) is 29.8 Å². The first kappa shape index (κ1) is 15.7. The minimum atomic E-state index is 0.135. The minimum Gasteiger partial charge on any atom is -0.383 e. The van der Waals surface area contributed by atoms with Gasteiger partial charge in [0.25, 0.3) is 0 Å². The summed E-state index contributed by atoms with van der Waals surface area (Å²) in [7, 11) is 1.64. The van der Waals surface area contributed by atoms with E-state index < -0.39 is 0 Å². The van der Waals surface area contributed by atoms with Gasteiger partial charge in [-0.15, -0.1) is 0 Å². The van der Waals surface area contributed by atoms with Crippen LogP contribution in [0.3, 0.4) is 0 Å². The fourth-order valence-electron chi connectivity index (χ4n) is 1.95. The van der Waals surface area contributed by atoms with Gasteiger partial charge in [-0.05, 0) is 25.5 Å². The Morgan fingerprint density at radius 3 is 2.79 bits per heavy atom. The summed E-state index contributed by atoms with van der Waals surface area (Å²) in [6, 6.07) is 8.06. The third-order valence-corrected chi connectivity index (χ3v) is 2.99. The molecule has 1 aromatic carbocycles. The highest BCUT2D eigenvalue weighted by Crippen LogP contribution is 2.07. The number of ether oxygens (including phenoxy) is 1. The highest BCUT2D eigenvalue weighted by Gasteiger charge is 2.13. The second kappa shape index (κ2) is 8.67. The predicted molar refractivity (Wildman–Crippen MR) is 77.0 cm³/mol. The van der Waals surface area contributed by atoms with Crippen molar-refractivity contribution >= 4 is 5.91 Å². The molecular weight excluding hydrogens is 240 g/mol. The molecule has 0 unspecified atom stereocenters. The molecule has 0 atom stereocenters. The van der Waals surface area contributed by atoms with Gasteiger partial charge in [-0.25, -0.2) is 0 Å². The number of methoxy groups -OCH3 is 1. The molecule has 0 saturated carbocycles. The number of benzene rings is 1. The Bertz CT molecular complexity index is 385. The van der Waals surface area contributed by atoms with Gasteiger partial charge < -0.3 is 15.4 Å². The Balaban J connectivity index is 2.59. The van der Waals surface area contributed by atoms with E-state index in [-0.39, 0.29) is 5.91 Å². The molecule has 19 heavy (non-hydrogen) atoms. The van der Waals surface area contributed by atoms with Gasteiger partial charge in [0.15, 0.2) is 0 Å². The van der Waals surface area contributed by atoms with Crippen LogP contribution in [-0.2, 0) is 16.0 Å². The molecule has 0 spiro atoms. The number of nitrogens with zero attached hydrogens (tertiary/aromatic N) is 1. The van der Waals surface area contributed by atoms with Crippen LogP contribution in [0.15, 0.2) is 24.3 Å². The molecule has 0 heterocycles. The third-order valence-electron chi connectivity index (χ3n) is 2.99. The van der Waals surface area contributed by atoms with Crippen molar-refractivity contribution in [1.29, 1.82) is 0 Å². The number of carbonyl (C=O) groups is 1. The zero-order chi connectivity index (χ0) is 14.1. The van der Waals surface area contributed by atoms with Crippen molar-refractivity contribution in [3.05, 3.63) is 35.4 Å². The van der Waals surface area contributed by atoms with Gasteiger partial charge in [-0.2, -0.15) is 0 Å². The van der Waals surface area contributed by atoms with Gasteiger partial charge in [0, 0.05) is 20.2 Å². The van der Waals surface area contributed by atoms with E-state index in [0.29, 0.717) is 32.7 Å². The number of hydrogen-bond donors (Lipinski definition) is 1. The van der Waals surface area contributed by atoms with Gasteiger partial charge in [0.05, 0.1) is 13.0 Å². The van der Waals surface area contributed by atoms with E-state index >= 15 is 0 Å². The van der Waals surface area contributed by atoms with Crippen molar-refractivity contribution in [2.24, 2.45) is 5.73 Å². The number of rotatable bonds is 8. The summed E-state index contributed by atoms with van der Waals surface area (Å²) in [4.78, 5) is 14.1. The maximum atomic E-state index is 12.3. The van der Waals surface area contributed by atoms with E-state index in [1.165, 1.54) is 5.56 Å². The molecule has 0 aliphatic rings. The third kappa shape index (κ3) is 5.85. The molecule has 0 saturated heterocycles. The summed E-state index contributed by atoms with van der Waals surface area (Å²) in [6.45, 7) is 4.52. The highest BCUT2D eigenvalue weighted by molar-refractivity contribution is 5.78. The summed E-state index contributed by atoms with van der Waals surface area (Å²) in [5.74, 6) is 0.135. The van der Waals surface area contributed by atoms with Crippen molar-refractivity contribution < 1.29 is 9.53 Å². The SMILES string of the molecule is COCCN(CCCN)C(=O)Cc1cccc(C)c1. The van der Waals surface area contributed by atoms with Crippen molar-refractivity contribution in [3.8, 4) is 0 Å². The second-order valence-electron chi connectivity index (χ2n) is 4.68. The Kier molecular flexibility index (Phi) is 7.15. The lowest BCUT2D eigenvalue weighted by molar-refractivity contribution is -0.131. The Hall–Kier alpha value is -1.39. The number of aryl methyl sites for hydroxylation is 1. The lowest BCUT2D eigenvalue weighted by Crippen LogP contribution is -2.36. The van der Waals surface area contributed by atoms with Crippen molar-refractivity contribution in [2.75, 3.05) is 33.4 Å². The van der Waals surface area contributed by atoms with E-state index in [4.69, 9.17) is 10.5 Å². The zero-order valence-corrected chi connectivity index (χ0v) is 11.9. The summed E-state index contributed by atoms with van der Waals surface area (Å²) >= 11 is 0. The summed E-state index contributed by atoms with van der Waals surface area (Å²) < 4.78 is 5.05. The first-order chi connectivity index (χ1) is 9.17. The first-order valence-electron chi connectivity index (χ1n) is 6.69. The molecule has 1 aromatic rings. The largest absolute Gasteiger partial charge is 0.383 e. The summed E-state index contributed by atoms with van der Waals surface area (Å²) in [5, 5.41) is 0. The maximum absolute atomic E-state index is 12.3. The van der Waals surface area contributed by atoms with E-state index in [1.807, 2.05) is 30.0 Å². The van der Waals surface area contributed by atoms with E-state index in [9.17, 15) is 4.79 Å². The van der Waals surface area contributed by atoms with E-state index in [2.05, 4.69) is 6.07 Å². The topological polar surface area (TPSA) is 55.6 Å². The van der Waals surface area contributed by atoms with Crippen LogP contribution in [0.5, 0.6) is 0 Å². The number of hydrogen-bond acceptors (Lipinski definition) is 3. The monoisotopic (exact) mass is 264 g/mol. The molecule has 0 aromatic heterocycles. The second-order valence-corrected chi connectivity index (χ2v) is 4.68. The van der Waals surface area contributed by atoms with Crippen LogP contribution in [-0.4, -0.2) is 44.2 Å². The quantitative estimate of drug-likeness (QED) is 0.771. The average molecular weight is 264 g/mol. The first-order valence-corrected chi connectivity index (χ1v) is 6.69. The fourth-order valence-corrected chi connectivity index (χ4v) is 1.95. The molecule has 4 nitrogen and oxygen atoms in total. The molecule has 1 rings (SSSR count). The van der Waals surface area contributed by atoms with Crippen molar-refractivity contribution in [3.63, 3.8) is 0 Å². The van der Waals surface area contributed by atoms with Crippen LogP contribution in [0.25, 0.3) is 0 Å². The van der Waals surface area contributed by atoms with E-state index in [0.717, 1.165) is 12.0 Å². The lowest BCUT2D eigenvalue weighted by Gasteiger charge is -2.22. The molecular formula is C15H24N2O2. The fraction of sp³-hybridized carbons (Fsp3) is 0.533. The molecule has 0 bridgehead atoms. The van der Waals surface area contributed by atoms with Crippen LogP contribution in [0.1, 0.15) is 17.5 Å². The Morgan fingerprint density at radius 2 is 2.16 bits per heavy atom. The Labute approximate surface area is 115 Å². The van der Waals surface area contributed by atoms with Crippen LogP contribution < -0.4 is 5.73 Å². The van der Waals surface area contributed by atoms with E-state index in [1.54, 1.807) is 7.11 Å². The molecule has 0 radical (unpaired) electrons. The maximum Gasteiger partial charge on any atom is 0.227 e. The van der Waals surface area contributed by atoms with Crippen molar-refractivity contribution in [2.45, 2.75) is 19.8 Å². The average Bonchev–Trinajstić information content (AvgIpc) is 2.38. The van der Waals surface area contributed by atoms with Crippen molar-refractivity contribution in [1.82, 2.24) is 4.90 Å². The summed E-state index contributed by atoms with van der Waals surface area (Å²) in [5.41, 5.74) is 7.74. The summed E-state index contributed by atoms with van der Waals surface area (Å²) in [6.07, 6.45) is 1.26. The van der Waals surface area contributed by atoms with Crippen LogP contribution in [0.4, 0.5) is 0 Å². The number of nitrogens with two attached hydrogens (primary N) is 1. The standard InChI is InChI=1S/C15H24N2O2/c1-13-5-3-6-14(11-13)12-15(18)17(8-4-7-16)9-10-19-2/h3,5-6,11H,4,7-10,12,16H2,1-2H3. The van der Waals surface area contributed by atoms with Gasteiger partial charge in [-0.3, -0.25) is 4.79 Å². The number of amides is 1. The van der Waals surface area contributed by atoms with Gasteiger partial charge >= 0.3 is 0 Å². The van der Waals surface area contributed by atoms with Crippen LogP contribution >= 0.6 is 0 Å². The Morgan fingerprint density at radius 1 is 1.37 bits per heavy atom. The zero-order valence-electron chi connectivity index (χ0n) is 11.9. The molecule has 4 heteroatoms. The molecule has 1 amide bonds.